The number of hydrogen-bond acceptors (Lipinski definition) is 5. The maximum atomic E-state index is 11.0. The minimum atomic E-state index is -1.43. The van der Waals surface area contributed by atoms with E-state index in [1.54, 1.807) is 34.6 Å². The van der Waals surface area contributed by atoms with Gasteiger partial charge in [-0.15, -0.1) is 0 Å². The molecule has 0 spiro atoms. The number of ether oxygens (including phenoxy) is 2. The SMILES string of the molecule is CC1=C(Oc2ccccc2C)C(C2CC2)C(BCOC(C)(CC(C)(O)C(C)(C)O)C(C)(C)O)C=C1. The molecule has 35 heavy (non-hydrogen) atoms. The molecule has 3 rings (SSSR count). The molecule has 0 bridgehead atoms. The minimum absolute atomic E-state index is 0.0974. The lowest BCUT2D eigenvalue weighted by Crippen LogP contribution is -2.59. The van der Waals surface area contributed by atoms with Crippen molar-refractivity contribution in [2.24, 2.45) is 11.8 Å². The summed E-state index contributed by atoms with van der Waals surface area (Å²) in [7, 11) is 0.780. The molecule has 5 nitrogen and oxygen atoms in total. The number of aliphatic hydroxyl groups is 3. The standard InChI is InChI=1S/C29H45BO5/c1-19-11-9-10-12-23(19)35-25-20(2)13-16-22(24(25)21-14-15-21)30-18-34-29(8,27(5,6)32)17-28(7,33)26(3,4)31/h9-13,16,21-22,24,30-33H,14-15,17-18H2,1-8H3. The number of aryl methyl sites for hydroxylation is 1. The van der Waals surface area contributed by atoms with Crippen LogP contribution in [0.2, 0.25) is 5.82 Å². The molecule has 1 fully saturated rings. The van der Waals surface area contributed by atoms with E-state index in [4.69, 9.17) is 9.47 Å². The van der Waals surface area contributed by atoms with Crippen molar-refractivity contribution >= 4 is 7.28 Å². The Bertz CT molecular complexity index is 949. The lowest BCUT2D eigenvalue weighted by Gasteiger charge is -2.47. The highest BCUT2D eigenvalue weighted by Gasteiger charge is 2.50. The van der Waals surface area contributed by atoms with Gasteiger partial charge in [0.1, 0.15) is 11.5 Å². The fourth-order valence-electron chi connectivity index (χ4n) is 4.90. The van der Waals surface area contributed by atoms with Gasteiger partial charge in [-0.2, -0.15) is 0 Å². The van der Waals surface area contributed by atoms with Crippen LogP contribution in [-0.4, -0.2) is 51.5 Å². The molecule has 2 aliphatic carbocycles. The molecule has 6 heteroatoms. The van der Waals surface area contributed by atoms with E-state index in [0.29, 0.717) is 18.3 Å². The van der Waals surface area contributed by atoms with Gasteiger partial charge >= 0.3 is 0 Å². The maximum absolute atomic E-state index is 11.0. The number of benzene rings is 1. The summed E-state index contributed by atoms with van der Waals surface area (Å²) in [5.41, 5.74) is -2.73. The number of allylic oxidation sites excluding steroid dienone is 4. The molecule has 1 aromatic rings. The van der Waals surface area contributed by atoms with Crippen LogP contribution < -0.4 is 4.74 Å². The average molecular weight is 484 g/mol. The van der Waals surface area contributed by atoms with E-state index in [0.717, 1.165) is 24.4 Å². The van der Waals surface area contributed by atoms with Crippen LogP contribution in [0.15, 0.2) is 47.7 Å². The third-order valence-electron chi connectivity index (χ3n) is 8.36. The first kappa shape index (κ1) is 28.0. The van der Waals surface area contributed by atoms with Crippen molar-refractivity contribution in [3.05, 3.63) is 53.3 Å². The van der Waals surface area contributed by atoms with Gasteiger partial charge in [0.25, 0.3) is 0 Å². The molecule has 0 aliphatic heterocycles. The van der Waals surface area contributed by atoms with Crippen LogP contribution in [0.1, 0.15) is 73.3 Å². The number of rotatable bonds is 11. The zero-order valence-electron chi connectivity index (χ0n) is 22.9. The van der Waals surface area contributed by atoms with Crippen LogP contribution in [0.25, 0.3) is 0 Å². The quantitative estimate of drug-likeness (QED) is 0.390. The summed E-state index contributed by atoms with van der Waals surface area (Å²) in [5, 5.41) is 32.4. The van der Waals surface area contributed by atoms with Gasteiger partial charge in [-0.1, -0.05) is 30.4 Å². The average Bonchev–Trinajstić information content (AvgIpc) is 3.55. The smallest absolute Gasteiger partial charge is 0.162 e. The molecule has 0 saturated heterocycles. The zero-order valence-corrected chi connectivity index (χ0v) is 22.9. The van der Waals surface area contributed by atoms with Gasteiger partial charge in [0.15, 0.2) is 7.28 Å². The Morgan fingerprint density at radius 3 is 2.11 bits per heavy atom. The van der Waals surface area contributed by atoms with Gasteiger partial charge in [-0.05, 0) is 97.2 Å². The summed E-state index contributed by atoms with van der Waals surface area (Å²) in [6, 6.07) is 8.13. The maximum Gasteiger partial charge on any atom is 0.162 e. The Hall–Kier alpha value is -1.60. The predicted molar refractivity (Wildman–Crippen MR) is 143 cm³/mol. The van der Waals surface area contributed by atoms with Crippen LogP contribution in [0.4, 0.5) is 0 Å². The molecule has 4 unspecified atom stereocenters. The lowest BCUT2D eigenvalue weighted by molar-refractivity contribution is -0.208. The van der Waals surface area contributed by atoms with E-state index in [-0.39, 0.29) is 12.2 Å². The van der Waals surface area contributed by atoms with E-state index < -0.39 is 22.4 Å². The van der Waals surface area contributed by atoms with Crippen LogP contribution in [-0.2, 0) is 4.74 Å². The summed E-state index contributed by atoms with van der Waals surface area (Å²) in [6.45, 7) is 14.6. The summed E-state index contributed by atoms with van der Waals surface area (Å²) in [5.74, 6) is 3.14. The Labute approximate surface area is 212 Å². The summed E-state index contributed by atoms with van der Waals surface area (Å²) >= 11 is 0. The Balaban J connectivity index is 1.74. The van der Waals surface area contributed by atoms with Crippen LogP contribution >= 0.6 is 0 Å². The topological polar surface area (TPSA) is 79.2 Å². The lowest BCUT2D eigenvalue weighted by atomic mass is 9.56. The van der Waals surface area contributed by atoms with Crippen molar-refractivity contribution in [1.29, 1.82) is 0 Å². The van der Waals surface area contributed by atoms with E-state index in [2.05, 4.69) is 32.1 Å². The third-order valence-corrected chi connectivity index (χ3v) is 8.36. The predicted octanol–water partition coefficient (Wildman–Crippen LogP) is 4.88. The Morgan fingerprint density at radius 1 is 0.943 bits per heavy atom. The van der Waals surface area contributed by atoms with Gasteiger partial charge in [-0.3, -0.25) is 0 Å². The normalized spacial score (nSPS) is 24.7. The second-order valence-electron chi connectivity index (χ2n) is 12.2. The van der Waals surface area contributed by atoms with Crippen LogP contribution in [0.3, 0.4) is 0 Å². The first-order chi connectivity index (χ1) is 16.1. The minimum Gasteiger partial charge on any atom is -0.461 e. The highest BCUT2D eigenvalue weighted by molar-refractivity contribution is 6.38. The monoisotopic (exact) mass is 484 g/mol. The molecule has 1 saturated carbocycles. The molecule has 1 aromatic carbocycles. The molecule has 0 radical (unpaired) electrons. The second-order valence-corrected chi connectivity index (χ2v) is 12.2. The number of para-hydroxylation sites is 1. The van der Waals surface area contributed by atoms with Gasteiger partial charge in [0.2, 0.25) is 0 Å². The molecule has 0 amide bonds. The van der Waals surface area contributed by atoms with Crippen molar-refractivity contribution in [2.75, 3.05) is 6.51 Å². The van der Waals surface area contributed by atoms with Gasteiger partial charge < -0.3 is 24.8 Å². The highest BCUT2D eigenvalue weighted by Crippen LogP contribution is 2.50. The summed E-state index contributed by atoms with van der Waals surface area (Å²) in [4.78, 5) is 0. The zero-order chi connectivity index (χ0) is 26.2. The first-order valence-corrected chi connectivity index (χ1v) is 13.0. The van der Waals surface area contributed by atoms with Gasteiger partial charge in [0, 0.05) is 18.8 Å². The van der Waals surface area contributed by atoms with Crippen LogP contribution in [0.5, 0.6) is 5.75 Å². The van der Waals surface area contributed by atoms with Crippen molar-refractivity contribution < 1.29 is 24.8 Å². The second kappa shape index (κ2) is 10.0. The molecular formula is C29H45BO5. The van der Waals surface area contributed by atoms with E-state index in [1.165, 1.54) is 18.4 Å². The number of hydrogen-bond donors (Lipinski definition) is 3. The summed E-state index contributed by atoms with van der Waals surface area (Å²) in [6.07, 6.45) is 6.95. The molecule has 3 N–H and O–H groups in total. The van der Waals surface area contributed by atoms with Gasteiger partial charge in [0.05, 0.1) is 22.4 Å². The molecule has 0 aromatic heterocycles. The Kier molecular flexibility index (Phi) is 8.03. The van der Waals surface area contributed by atoms with E-state index >= 15 is 0 Å². The Morgan fingerprint density at radius 2 is 1.57 bits per heavy atom. The van der Waals surface area contributed by atoms with Crippen molar-refractivity contribution in [2.45, 2.75) is 103 Å². The van der Waals surface area contributed by atoms with E-state index in [1.807, 2.05) is 25.1 Å². The summed E-state index contributed by atoms with van der Waals surface area (Å²) < 4.78 is 12.9. The first-order valence-electron chi connectivity index (χ1n) is 13.0. The van der Waals surface area contributed by atoms with E-state index in [9.17, 15) is 15.3 Å². The van der Waals surface area contributed by atoms with Crippen molar-refractivity contribution in [3.63, 3.8) is 0 Å². The van der Waals surface area contributed by atoms with Crippen molar-refractivity contribution in [3.8, 4) is 5.75 Å². The largest absolute Gasteiger partial charge is 0.461 e. The third kappa shape index (κ3) is 6.40. The molecule has 4 atom stereocenters. The highest BCUT2D eigenvalue weighted by atomic mass is 16.5. The van der Waals surface area contributed by atoms with Gasteiger partial charge in [-0.25, -0.2) is 0 Å². The van der Waals surface area contributed by atoms with Crippen LogP contribution in [0, 0.1) is 18.8 Å². The molecular weight excluding hydrogens is 439 g/mol. The fraction of sp³-hybridized carbons (Fsp3) is 0.655. The molecule has 0 heterocycles. The van der Waals surface area contributed by atoms with Crippen molar-refractivity contribution in [1.82, 2.24) is 0 Å². The fourth-order valence-corrected chi connectivity index (χ4v) is 4.90. The molecule has 2 aliphatic rings. The molecule has 194 valence electrons.